The lowest BCUT2D eigenvalue weighted by Crippen LogP contribution is -2.13. The number of carbonyl (C=O) groups excluding carboxylic acids is 3. The lowest BCUT2D eigenvalue weighted by Gasteiger charge is -2.01. The molecule has 0 radical (unpaired) electrons. The highest BCUT2D eigenvalue weighted by Crippen LogP contribution is 2.01. The van der Waals surface area contributed by atoms with Gasteiger partial charge in [-0.15, -0.1) is 0 Å². The largest absolute Gasteiger partial charge is 0.466 e. The SMILES string of the molecule is CCOC(=O)/C=C(\C)C(=O)CC(=O)OCC. The Balaban J connectivity index is 4.27. The fraction of sp³-hybridized carbons (Fsp3) is 0.545. The number of esters is 2. The first-order chi connectivity index (χ1) is 7.51. The van der Waals surface area contributed by atoms with Crippen molar-refractivity contribution in [3.05, 3.63) is 11.6 Å². The van der Waals surface area contributed by atoms with Gasteiger partial charge in [-0.05, 0) is 26.3 Å². The second-order valence-corrected chi connectivity index (χ2v) is 2.98. The van der Waals surface area contributed by atoms with Crippen LogP contribution in [0.3, 0.4) is 0 Å². The second-order valence-electron chi connectivity index (χ2n) is 2.98. The van der Waals surface area contributed by atoms with Crippen LogP contribution >= 0.6 is 0 Å². The molecule has 90 valence electrons. The van der Waals surface area contributed by atoms with Crippen molar-refractivity contribution in [3.63, 3.8) is 0 Å². The molecule has 0 unspecified atom stereocenters. The van der Waals surface area contributed by atoms with Crippen molar-refractivity contribution >= 4 is 17.7 Å². The summed E-state index contributed by atoms with van der Waals surface area (Å²) in [6, 6.07) is 0. The molecule has 0 aliphatic rings. The van der Waals surface area contributed by atoms with Gasteiger partial charge in [0, 0.05) is 6.08 Å². The fourth-order valence-corrected chi connectivity index (χ4v) is 0.924. The summed E-state index contributed by atoms with van der Waals surface area (Å²) in [6.07, 6.45) is 0.723. The molecule has 0 spiro atoms. The summed E-state index contributed by atoms with van der Waals surface area (Å²) in [7, 11) is 0. The molecular formula is C11H16O5. The third kappa shape index (κ3) is 5.95. The summed E-state index contributed by atoms with van der Waals surface area (Å²) in [5, 5.41) is 0. The normalized spacial score (nSPS) is 10.8. The summed E-state index contributed by atoms with van der Waals surface area (Å²) in [5.74, 6) is -1.62. The lowest BCUT2D eigenvalue weighted by atomic mass is 10.1. The zero-order chi connectivity index (χ0) is 12.6. The van der Waals surface area contributed by atoms with Crippen molar-refractivity contribution in [1.82, 2.24) is 0 Å². The predicted molar refractivity (Wildman–Crippen MR) is 56.6 cm³/mol. The molecule has 0 aromatic heterocycles. The maximum atomic E-state index is 11.4. The van der Waals surface area contributed by atoms with E-state index in [4.69, 9.17) is 0 Å². The fourth-order valence-electron chi connectivity index (χ4n) is 0.924. The Morgan fingerprint density at radius 1 is 1.06 bits per heavy atom. The molecule has 0 aliphatic carbocycles. The highest BCUT2D eigenvalue weighted by Gasteiger charge is 2.13. The molecular weight excluding hydrogens is 212 g/mol. The third-order valence-corrected chi connectivity index (χ3v) is 1.67. The van der Waals surface area contributed by atoms with Crippen LogP contribution in [0.15, 0.2) is 11.6 Å². The molecule has 0 N–H and O–H groups in total. The molecule has 0 aromatic carbocycles. The first kappa shape index (κ1) is 14.3. The van der Waals surface area contributed by atoms with Gasteiger partial charge in [-0.1, -0.05) is 0 Å². The van der Waals surface area contributed by atoms with E-state index in [-0.39, 0.29) is 25.2 Å². The number of allylic oxidation sites excluding steroid dienone is 1. The zero-order valence-corrected chi connectivity index (χ0v) is 9.74. The highest BCUT2D eigenvalue weighted by molar-refractivity contribution is 6.07. The van der Waals surface area contributed by atoms with Crippen LogP contribution in [-0.2, 0) is 23.9 Å². The number of ether oxygens (including phenoxy) is 2. The van der Waals surface area contributed by atoms with Crippen molar-refractivity contribution in [2.75, 3.05) is 13.2 Å². The molecule has 5 heteroatoms. The number of rotatable bonds is 6. The molecule has 0 saturated heterocycles. The maximum absolute atomic E-state index is 11.4. The minimum absolute atomic E-state index is 0.187. The summed E-state index contributed by atoms with van der Waals surface area (Å²) >= 11 is 0. The van der Waals surface area contributed by atoms with E-state index in [1.165, 1.54) is 6.92 Å². The molecule has 0 amide bonds. The number of Topliss-reactive ketones (excluding diaryl/α,β-unsaturated/α-hetero) is 1. The van der Waals surface area contributed by atoms with Crippen molar-refractivity contribution < 1.29 is 23.9 Å². The van der Waals surface area contributed by atoms with Gasteiger partial charge in [-0.2, -0.15) is 0 Å². The second kappa shape index (κ2) is 7.62. The summed E-state index contributed by atoms with van der Waals surface area (Å²) in [5.41, 5.74) is 0.187. The van der Waals surface area contributed by atoms with Crippen LogP contribution in [0.1, 0.15) is 27.2 Å². The van der Waals surface area contributed by atoms with Crippen LogP contribution < -0.4 is 0 Å². The van der Waals surface area contributed by atoms with Gasteiger partial charge < -0.3 is 9.47 Å². The Morgan fingerprint density at radius 3 is 2.12 bits per heavy atom. The van der Waals surface area contributed by atoms with E-state index in [2.05, 4.69) is 9.47 Å². The van der Waals surface area contributed by atoms with Crippen LogP contribution in [-0.4, -0.2) is 30.9 Å². The number of carbonyl (C=O) groups is 3. The molecule has 0 heterocycles. The van der Waals surface area contributed by atoms with Crippen LogP contribution in [0.25, 0.3) is 0 Å². The Hall–Kier alpha value is -1.65. The number of hydrogen-bond donors (Lipinski definition) is 0. The van der Waals surface area contributed by atoms with E-state index >= 15 is 0 Å². The number of hydrogen-bond acceptors (Lipinski definition) is 5. The molecule has 0 bridgehead atoms. The zero-order valence-electron chi connectivity index (χ0n) is 9.74. The first-order valence-electron chi connectivity index (χ1n) is 5.05. The van der Waals surface area contributed by atoms with E-state index in [0.717, 1.165) is 6.08 Å². The summed E-state index contributed by atoms with van der Waals surface area (Å²) in [6.45, 7) is 5.26. The topological polar surface area (TPSA) is 69.7 Å². The third-order valence-electron chi connectivity index (χ3n) is 1.67. The van der Waals surface area contributed by atoms with E-state index in [0.29, 0.717) is 0 Å². The first-order valence-corrected chi connectivity index (χ1v) is 5.05. The van der Waals surface area contributed by atoms with Gasteiger partial charge in [0.05, 0.1) is 13.2 Å². The molecule has 0 aromatic rings. The van der Waals surface area contributed by atoms with Crippen molar-refractivity contribution in [3.8, 4) is 0 Å². The van der Waals surface area contributed by atoms with Crippen molar-refractivity contribution in [1.29, 1.82) is 0 Å². The van der Waals surface area contributed by atoms with Gasteiger partial charge in [0.15, 0.2) is 5.78 Å². The van der Waals surface area contributed by atoms with Gasteiger partial charge in [-0.25, -0.2) is 4.79 Å². The van der Waals surface area contributed by atoms with E-state index in [1.807, 2.05) is 0 Å². The standard InChI is InChI=1S/C11H16O5/c1-4-15-10(13)6-8(3)9(12)7-11(14)16-5-2/h6H,4-5,7H2,1-3H3/b8-6+. The van der Waals surface area contributed by atoms with Gasteiger partial charge in [0.1, 0.15) is 6.42 Å². The molecule has 0 fully saturated rings. The Morgan fingerprint density at radius 2 is 1.62 bits per heavy atom. The van der Waals surface area contributed by atoms with Crippen LogP contribution in [0, 0.1) is 0 Å². The quantitative estimate of drug-likeness (QED) is 0.385. The molecule has 16 heavy (non-hydrogen) atoms. The van der Waals surface area contributed by atoms with Crippen LogP contribution in [0.5, 0.6) is 0 Å². The smallest absolute Gasteiger partial charge is 0.331 e. The summed E-state index contributed by atoms with van der Waals surface area (Å²) in [4.78, 5) is 33.4. The van der Waals surface area contributed by atoms with E-state index in [1.54, 1.807) is 13.8 Å². The van der Waals surface area contributed by atoms with E-state index < -0.39 is 17.7 Å². The average Bonchev–Trinajstić information content (AvgIpc) is 2.17. The molecule has 5 nitrogen and oxygen atoms in total. The highest BCUT2D eigenvalue weighted by atomic mass is 16.5. The minimum Gasteiger partial charge on any atom is -0.466 e. The van der Waals surface area contributed by atoms with Crippen molar-refractivity contribution in [2.24, 2.45) is 0 Å². The minimum atomic E-state index is -0.593. The van der Waals surface area contributed by atoms with E-state index in [9.17, 15) is 14.4 Å². The van der Waals surface area contributed by atoms with Crippen LogP contribution in [0.2, 0.25) is 0 Å². The van der Waals surface area contributed by atoms with Gasteiger partial charge in [0.25, 0.3) is 0 Å². The number of ketones is 1. The Kier molecular flexibility index (Phi) is 6.83. The molecule has 0 saturated carbocycles. The predicted octanol–water partition coefficient (Wildman–Crippen LogP) is 1.02. The van der Waals surface area contributed by atoms with Gasteiger partial charge in [0.2, 0.25) is 0 Å². The van der Waals surface area contributed by atoms with Gasteiger partial charge >= 0.3 is 11.9 Å². The average molecular weight is 228 g/mol. The summed E-state index contributed by atoms with van der Waals surface area (Å²) < 4.78 is 9.24. The Bertz CT molecular complexity index is 303. The monoisotopic (exact) mass is 228 g/mol. The van der Waals surface area contributed by atoms with Crippen molar-refractivity contribution in [2.45, 2.75) is 27.2 Å². The Labute approximate surface area is 94.4 Å². The lowest BCUT2D eigenvalue weighted by molar-refractivity contribution is -0.145. The molecule has 0 rings (SSSR count). The van der Waals surface area contributed by atoms with Crippen LogP contribution in [0.4, 0.5) is 0 Å². The molecule has 0 aliphatic heterocycles. The molecule has 0 atom stereocenters. The van der Waals surface area contributed by atoms with Gasteiger partial charge in [-0.3, -0.25) is 9.59 Å². The maximum Gasteiger partial charge on any atom is 0.331 e.